The fourth-order valence-electron chi connectivity index (χ4n) is 2.91. The second-order valence-corrected chi connectivity index (χ2v) is 10.5. The van der Waals surface area contributed by atoms with Gasteiger partial charge in [0.05, 0.1) is 4.99 Å². The summed E-state index contributed by atoms with van der Waals surface area (Å²) in [7, 11) is -10.7. The van der Waals surface area contributed by atoms with Gasteiger partial charge in [0.2, 0.25) is 0 Å². The van der Waals surface area contributed by atoms with Gasteiger partial charge in [0.15, 0.2) is 0 Å². The minimum atomic E-state index is -5.48. The van der Waals surface area contributed by atoms with Crippen molar-refractivity contribution in [2.45, 2.75) is 38.1 Å². The molecule has 6 nitrogen and oxygen atoms in total. The molecule has 0 aromatic heterocycles. The molecule has 0 N–H and O–H groups in total. The van der Waals surface area contributed by atoms with Gasteiger partial charge in [0.25, 0.3) is 0 Å². The molecule has 8 heteroatoms. The van der Waals surface area contributed by atoms with Gasteiger partial charge in [-0.25, -0.2) is 8.42 Å². The van der Waals surface area contributed by atoms with Crippen molar-refractivity contribution in [2.75, 3.05) is 0 Å². The van der Waals surface area contributed by atoms with E-state index in [1.165, 1.54) is 5.57 Å². The number of allylic oxidation sites excluding steroid dienone is 1. The quantitative estimate of drug-likeness (QED) is 0.477. The molecule has 0 aliphatic carbocycles. The molecule has 2 aromatic rings. The maximum Gasteiger partial charge on any atom is 0.102 e. The van der Waals surface area contributed by atoms with Crippen molar-refractivity contribution >= 4 is 23.8 Å². The van der Waals surface area contributed by atoms with Gasteiger partial charge < -0.3 is 18.9 Å². The van der Waals surface area contributed by atoms with Crippen LogP contribution in [0.1, 0.15) is 37.8 Å². The van der Waals surface area contributed by atoms with Crippen LogP contribution in [0, 0.1) is 0 Å². The van der Waals surface area contributed by atoms with Crippen molar-refractivity contribution in [3.63, 3.8) is 0 Å². The van der Waals surface area contributed by atoms with E-state index in [9.17, 15) is 27.3 Å². The standard InChI is InChI=1S/C20H25O6PS/c1-15(2)14-17-8-12-19(13-9-17)18-10-6-16(7-11-18)4-3-5-20(27(21,22)23)28(24,25)26/h6-14,20H,3-5H2,1-2H3,(H2,21,22,23)(H,24,25,26)/p-3. The normalized spacial score (nSPS) is 13.2. The van der Waals surface area contributed by atoms with Crippen LogP contribution in [0.4, 0.5) is 0 Å². The lowest BCUT2D eigenvalue weighted by Crippen LogP contribution is -2.32. The summed E-state index contributed by atoms with van der Waals surface area (Å²) >= 11 is 0. The molecule has 0 amide bonds. The van der Waals surface area contributed by atoms with Gasteiger partial charge >= 0.3 is 0 Å². The first-order valence-electron chi connectivity index (χ1n) is 8.77. The third-order valence-corrected chi connectivity index (χ3v) is 7.67. The highest BCUT2D eigenvalue weighted by atomic mass is 32.2. The van der Waals surface area contributed by atoms with E-state index >= 15 is 0 Å². The Kier molecular flexibility index (Phi) is 7.37. The molecule has 0 radical (unpaired) electrons. The van der Waals surface area contributed by atoms with E-state index in [-0.39, 0.29) is 6.42 Å². The van der Waals surface area contributed by atoms with Crippen LogP contribution in [0.3, 0.4) is 0 Å². The topological polar surface area (TPSA) is 120 Å². The Bertz CT molecular complexity index is 968. The van der Waals surface area contributed by atoms with E-state index in [1.54, 1.807) is 0 Å². The summed E-state index contributed by atoms with van der Waals surface area (Å²) in [6.07, 6.45) is 2.07. The molecule has 1 unspecified atom stereocenters. The summed E-state index contributed by atoms with van der Waals surface area (Å²) in [4.78, 5) is 19.6. The smallest absolute Gasteiger partial charge is 0.102 e. The fourth-order valence-corrected chi connectivity index (χ4v) is 5.13. The Hall–Kier alpha value is -1.76. The second kappa shape index (κ2) is 9.16. The third-order valence-electron chi connectivity index (χ3n) is 4.26. The monoisotopic (exact) mass is 421 g/mol. The maximum absolute atomic E-state index is 11.0. The molecular formula is C20H22O6PS-3. The predicted molar refractivity (Wildman–Crippen MR) is 105 cm³/mol. The first-order valence-corrected chi connectivity index (χ1v) is 11.9. The van der Waals surface area contributed by atoms with Gasteiger partial charge in [-0.05, 0) is 55.4 Å². The van der Waals surface area contributed by atoms with E-state index in [1.807, 2.05) is 62.4 Å². The zero-order valence-electron chi connectivity index (χ0n) is 15.7. The van der Waals surface area contributed by atoms with Gasteiger partial charge in [0.1, 0.15) is 10.1 Å². The third kappa shape index (κ3) is 6.69. The Morgan fingerprint density at radius 2 is 1.50 bits per heavy atom. The van der Waals surface area contributed by atoms with Gasteiger partial charge in [-0.1, -0.05) is 67.8 Å². The summed E-state index contributed by atoms with van der Waals surface area (Å²) in [5, 5.41) is 0. The largest absolute Gasteiger partial charge is 0.810 e. The molecule has 2 rings (SSSR count). The molecule has 0 aliphatic heterocycles. The van der Waals surface area contributed by atoms with Gasteiger partial charge in [0, 0.05) is 0 Å². The van der Waals surface area contributed by atoms with Gasteiger partial charge in [-0.2, -0.15) is 0 Å². The highest BCUT2D eigenvalue weighted by molar-refractivity contribution is 7.93. The van der Waals surface area contributed by atoms with Crippen molar-refractivity contribution in [3.05, 3.63) is 65.2 Å². The average Bonchev–Trinajstić information content (AvgIpc) is 2.57. The first-order chi connectivity index (χ1) is 13.0. The van der Waals surface area contributed by atoms with Crippen LogP contribution in [0.25, 0.3) is 17.2 Å². The van der Waals surface area contributed by atoms with Crippen molar-refractivity contribution in [1.82, 2.24) is 0 Å². The van der Waals surface area contributed by atoms with Crippen LogP contribution in [-0.4, -0.2) is 18.0 Å². The molecule has 28 heavy (non-hydrogen) atoms. The SMILES string of the molecule is CC(C)=Cc1ccc(-c2ccc(CCCC(P(=O)([O-])[O-])S(=O)(=O)[O-])cc2)cc1. The van der Waals surface area contributed by atoms with Crippen molar-refractivity contribution < 1.29 is 27.3 Å². The molecule has 0 heterocycles. The van der Waals surface area contributed by atoms with Crippen molar-refractivity contribution in [3.8, 4) is 11.1 Å². The van der Waals surface area contributed by atoms with Crippen molar-refractivity contribution in [2.24, 2.45) is 0 Å². The minimum Gasteiger partial charge on any atom is -0.810 e. The number of aryl methyl sites for hydroxylation is 1. The molecule has 0 saturated heterocycles. The molecular weight excluding hydrogens is 399 g/mol. The molecule has 0 fully saturated rings. The highest BCUT2D eigenvalue weighted by Crippen LogP contribution is 2.38. The van der Waals surface area contributed by atoms with E-state index < -0.39 is 29.1 Å². The summed E-state index contributed by atoms with van der Waals surface area (Å²) in [5.41, 5.74) is 5.26. The Labute approximate surface area is 165 Å². The Morgan fingerprint density at radius 1 is 1.00 bits per heavy atom. The number of hydrogen-bond donors (Lipinski definition) is 0. The average molecular weight is 421 g/mol. The van der Waals surface area contributed by atoms with E-state index in [0.29, 0.717) is 6.42 Å². The number of hydrogen-bond acceptors (Lipinski definition) is 6. The lowest BCUT2D eigenvalue weighted by atomic mass is 10.0. The Morgan fingerprint density at radius 3 is 1.93 bits per heavy atom. The van der Waals surface area contributed by atoms with Gasteiger partial charge in [-0.15, -0.1) is 0 Å². The highest BCUT2D eigenvalue weighted by Gasteiger charge is 2.19. The predicted octanol–water partition coefficient (Wildman–Crippen LogP) is 2.88. The second-order valence-electron chi connectivity index (χ2n) is 6.92. The van der Waals surface area contributed by atoms with Crippen LogP contribution >= 0.6 is 7.60 Å². The minimum absolute atomic E-state index is 0.108. The molecule has 0 aliphatic rings. The maximum atomic E-state index is 11.0. The number of rotatable bonds is 8. The zero-order chi connectivity index (χ0) is 20.9. The molecule has 0 bridgehead atoms. The summed E-state index contributed by atoms with van der Waals surface area (Å²) in [6.45, 7) is 4.07. The molecule has 2 aromatic carbocycles. The number of benzene rings is 2. The molecule has 0 spiro atoms. The van der Waals surface area contributed by atoms with E-state index in [0.717, 1.165) is 22.3 Å². The van der Waals surface area contributed by atoms with Crippen LogP contribution < -0.4 is 9.79 Å². The lowest BCUT2D eigenvalue weighted by molar-refractivity contribution is -0.314. The van der Waals surface area contributed by atoms with Crippen LogP contribution in [-0.2, 0) is 21.1 Å². The van der Waals surface area contributed by atoms with E-state index in [4.69, 9.17) is 0 Å². The molecule has 0 saturated carbocycles. The van der Waals surface area contributed by atoms with Crippen LogP contribution in [0.2, 0.25) is 0 Å². The van der Waals surface area contributed by atoms with Gasteiger partial charge in [-0.3, -0.25) is 0 Å². The van der Waals surface area contributed by atoms with Crippen molar-refractivity contribution in [1.29, 1.82) is 0 Å². The first kappa shape index (κ1) is 22.5. The van der Waals surface area contributed by atoms with Crippen LogP contribution in [0.15, 0.2) is 54.1 Å². The zero-order valence-corrected chi connectivity index (χ0v) is 17.4. The lowest BCUT2D eigenvalue weighted by Gasteiger charge is -2.39. The summed E-state index contributed by atoms with van der Waals surface area (Å²) in [5.74, 6) is 0. The summed E-state index contributed by atoms with van der Waals surface area (Å²) in [6, 6.07) is 15.6. The van der Waals surface area contributed by atoms with E-state index in [2.05, 4.69) is 6.08 Å². The molecule has 1 atom stereocenters. The summed E-state index contributed by atoms with van der Waals surface area (Å²) < 4.78 is 43.9. The molecule has 152 valence electrons. The fraction of sp³-hybridized carbons (Fsp3) is 0.300. The Balaban J connectivity index is 2.01. The van der Waals surface area contributed by atoms with Crippen LogP contribution in [0.5, 0.6) is 0 Å².